The number of hydrogen-bond acceptors (Lipinski definition) is 4. The van der Waals surface area contributed by atoms with Gasteiger partial charge in [-0.3, -0.25) is 4.79 Å². The van der Waals surface area contributed by atoms with E-state index in [1.54, 1.807) is 4.90 Å². The molecule has 0 aromatic carbocycles. The van der Waals surface area contributed by atoms with Gasteiger partial charge in [0.2, 0.25) is 0 Å². The number of nitrogens with one attached hydrogen (secondary N) is 1. The first-order valence-corrected chi connectivity index (χ1v) is 7.70. The number of thiophene rings is 1. The molecule has 1 amide bonds. The Balaban J connectivity index is 2.01. The van der Waals surface area contributed by atoms with E-state index in [9.17, 15) is 4.79 Å². The lowest BCUT2D eigenvalue weighted by Gasteiger charge is -2.24. The average molecular weight is 333 g/mol. The monoisotopic (exact) mass is 332 g/mol. The summed E-state index contributed by atoms with van der Waals surface area (Å²) in [4.78, 5) is 14.8. The zero-order valence-electron chi connectivity index (χ0n) is 10.1. The second-order valence-corrected chi connectivity index (χ2v) is 6.83. The van der Waals surface area contributed by atoms with Crippen LogP contribution in [0.5, 0.6) is 0 Å². The molecule has 1 fully saturated rings. The Hall–Kier alpha value is -0.430. The van der Waals surface area contributed by atoms with Gasteiger partial charge in [0.25, 0.3) is 5.91 Å². The Bertz CT molecular complexity index is 405. The van der Waals surface area contributed by atoms with Gasteiger partial charge >= 0.3 is 0 Å². The molecule has 1 aliphatic rings. The van der Waals surface area contributed by atoms with Crippen LogP contribution in [0, 0.1) is 0 Å². The lowest BCUT2D eigenvalue weighted by molar-refractivity contribution is 0.0711. The van der Waals surface area contributed by atoms with Crippen LogP contribution in [0.25, 0.3) is 0 Å². The van der Waals surface area contributed by atoms with Crippen LogP contribution < -0.4 is 5.32 Å². The number of amides is 1. The van der Waals surface area contributed by atoms with Crippen molar-refractivity contribution in [3.8, 4) is 0 Å². The first kappa shape index (κ1) is 14.0. The van der Waals surface area contributed by atoms with Crippen molar-refractivity contribution in [1.82, 2.24) is 10.2 Å². The molecule has 1 unspecified atom stereocenters. The van der Waals surface area contributed by atoms with Gasteiger partial charge in [0.1, 0.15) is 0 Å². The predicted octanol–water partition coefficient (Wildman–Crippen LogP) is 1.70. The largest absolute Gasteiger partial charge is 0.395 e. The molecule has 1 aliphatic heterocycles. The van der Waals surface area contributed by atoms with Gasteiger partial charge in [0.05, 0.1) is 15.3 Å². The number of aliphatic hydroxyl groups is 1. The first-order valence-electron chi connectivity index (χ1n) is 6.09. The van der Waals surface area contributed by atoms with Crippen molar-refractivity contribution in [1.29, 1.82) is 0 Å². The van der Waals surface area contributed by atoms with Crippen LogP contribution in [-0.4, -0.2) is 48.2 Å². The summed E-state index contributed by atoms with van der Waals surface area (Å²) in [7, 11) is 0. The molecule has 1 aromatic heterocycles. The number of carbonyl (C=O) groups excluding carboxylic acids is 1. The molecular weight excluding hydrogens is 316 g/mol. The molecular formula is C12H17BrN2O2S. The van der Waals surface area contributed by atoms with Gasteiger partial charge in [0, 0.05) is 19.1 Å². The van der Waals surface area contributed by atoms with Gasteiger partial charge in [-0.25, -0.2) is 0 Å². The predicted molar refractivity (Wildman–Crippen MR) is 76.0 cm³/mol. The lowest BCUT2D eigenvalue weighted by Crippen LogP contribution is -2.42. The van der Waals surface area contributed by atoms with Gasteiger partial charge < -0.3 is 15.3 Å². The first-order chi connectivity index (χ1) is 8.70. The lowest BCUT2D eigenvalue weighted by atomic mass is 10.2. The van der Waals surface area contributed by atoms with Crippen molar-refractivity contribution in [2.24, 2.45) is 0 Å². The van der Waals surface area contributed by atoms with Crippen molar-refractivity contribution in [3.05, 3.63) is 20.8 Å². The van der Waals surface area contributed by atoms with E-state index in [0.29, 0.717) is 24.0 Å². The smallest absolute Gasteiger partial charge is 0.264 e. The third-order valence-electron chi connectivity index (χ3n) is 3.04. The fourth-order valence-corrected chi connectivity index (χ4v) is 3.51. The van der Waals surface area contributed by atoms with Gasteiger partial charge in [-0.15, -0.1) is 11.3 Å². The molecule has 0 bridgehead atoms. The Labute approximate surface area is 119 Å². The highest BCUT2D eigenvalue weighted by Gasteiger charge is 2.22. The number of rotatable bonds is 5. The standard InChI is InChI=1S/C12H17BrN2O2S/c13-11-4-3-10(18-11)12(17)15(6-7-16)8-9-2-1-5-14-9/h3-4,9,14,16H,1-2,5-8H2. The van der Waals surface area contributed by atoms with E-state index in [0.717, 1.165) is 23.2 Å². The van der Waals surface area contributed by atoms with Crippen LogP contribution in [0.2, 0.25) is 0 Å². The summed E-state index contributed by atoms with van der Waals surface area (Å²) in [5.74, 6) is 0.00782. The number of aliphatic hydroxyl groups excluding tert-OH is 1. The van der Waals surface area contributed by atoms with Crippen molar-refractivity contribution in [2.45, 2.75) is 18.9 Å². The van der Waals surface area contributed by atoms with Crippen molar-refractivity contribution < 1.29 is 9.90 Å². The molecule has 4 nitrogen and oxygen atoms in total. The maximum atomic E-state index is 12.3. The number of carbonyl (C=O) groups is 1. The van der Waals surface area contributed by atoms with Crippen LogP contribution in [0.3, 0.4) is 0 Å². The van der Waals surface area contributed by atoms with E-state index in [1.807, 2.05) is 12.1 Å². The van der Waals surface area contributed by atoms with E-state index >= 15 is 0 Å². The van der Waals surface area contributed by atoms with Crippen LogP contribution in [-0.2, 0) is 0 Å². The molecule has 1 saturated heterocycles. The quantitative estimate of drug-likeness (QED) is 0.862. The van der Waals surface area contributed by atoms with Gasteiger partial charge in [-0.1, -0.05) is 0 Å². The van der Waals surface area contributed by atoms with Crippen LogP contribution in [0.1, 0.15) is 22.5 Å². The van der Waals surface area contributed by atoms with E-state index in [1.165, 1.54) is 11.3 Å². The van der Waals surface area contributed by atoms with Crippen LogP contribution in [0.4, 0.5) is 0 Å². The maximum absolute atomic E-state index is 12.3. The fourth-order valence-electron chi connectivity index (χ4n) is 2.16. The number of hydrogen-bond donors (Lipinski definition) is 2. The number of nitrogens with zero attached hydrogens (tertiary/aromatic N) is 1. The molecule has 1 atom stereocenters. The molecule has 2 heterocycles. The van der Waals surface area contributed by atoms with Gasteiger partial charge in [-0.2, -0.15) is 0 Å². The highest BCUT2D eigenvalue weighted by molar-refractivity contribution is 9.11. The molecule has 0 radical (unpaired) electrons. The molecule has 18 heavy (non-hydrogen) atoms. The highest BCUT2D eigenvalue weighted by Crippen LogP contribution is 2.23. The summed E-state index contributed by atoms with van der Waals surface area (Å²) >= 11 is 4.79. The SMILES string of the molecule is O=C(c1ccc(Br)s1)N(CCO)CC1CCCN1. The minimum atomic E-state index is 0.00497. The molecule has 0 aliphatic carbocycles. The summed E-state index contributed by atoms with van der Waals surface area (Å²) in [5.41, 5.74) is 0. The highest BCUT2D eigenvalue weighted by atomic mass is 79.9. The topological polar surface area (TPSA) is 52.6 Å². The molecule has 2 N–H and O–H groups in total. The Morgan fingerprint density at radius 3 is 3.00 bits per heavy atom. The normalized spacial score (nSPS) is 19.1. The number of halogens is 1. The summed E-state index contributed by atoms with van der Waals surface area (Å²) in [6, 6.07) is 4.07. The third kappa shape index (κ3) is 3.54. The van der Waals surface area contributed by atoms with E-state index in [2.05, 4.69) is 21.2 Å². The fraction of sp³-hybridized carbons (Fsp3) is 0.583. The maximum Gasteiger partial charge on any atom is 0.264 e. The molecule has 1 aromatic rings. The molecule has 2 rings (SSSR count). The summed E-state index contributed by atoms with van der Waals surface area (Å²) in [6.07, 6.45) is 2.26. The Kier molecular flexibility index (Phi) is 5.17. The Morgan fingerprint density at radius 1 is 1.61 bits per heavy atom. The second kappa shape index (κ2) is 6.65. The summed E-state index contributed by atoms with van der Waals surface area (Å²) in [5, 5.41) is 12.5. The van der Waals surface area contributed by atoms with Gasteiger partial charge in [0.15, 0.2) is 0 Å². The summed E-state index contributed by atoms with van der Waals surface area (Å²) in [6.45, 7) is 2.10. The zero-order valence-corrected chi connectivity index (χ0v) is 12.5. The minimum Gasteiger partial charge on any atom is -0.395 e. The van der Waals surface area contributed by atoms with Gasteiger partial charge in [-0.05, 0) is 47.4 Å². The minimum absolute atomic E-state index is 0.00497. The zero-order chi connectivity index (χ0) is 13.0. The van der Waals surface area contributed by atoms with E-state index in [-0.39, 0.29) is 12.5 Å². The van der Waals surface area contributed by atoms with Crippen molar-refractivity contribution in [3.63, 3.8) is 0 Å². The van der Waals surface area contributed by atoms with Crippen LogP contribution >= 0.6 is 27.3 Å². The summed E-state index contributed by atoms with van der Waals surface area (Å²) < 4.78 is 0.953. The van der Waals surface area contributed by atoms with Crippen molar-refractivity contribution in [2.75, 3.05) is 26.2 Å². The van der Waals surface area contributed by atoms with Crippen molar-refractivity contribution >= 4 is 33.2 Å². The third-order valence-corrected chi connectivity index (χ3v) is 4.66. The second-order valence-electron chi connectivity index (χ2n) is 4.37. The molecule has 0 saturated carbocycles. The average Bonchev–Trinajstić information content (AvgIpc) is 2.99. The van der Waals surface area contributed by atoms with Crippen LogP contribution in [0.15, 0.2) is 15.9 Å². The van der Waals surface area contributed by atoms with E-state index < -0.39 is 0 Å². The molecule has 0 spiro atoms. The molecule has 6 heteroatoms. The Morgan fingerprint density at radius 2 is 2.44 bits per heavy atom. The molecule has 100 valence electrons. The van der Waals surface area contributed by atoms with E-state index in [4.69, 9.17) is 5.11 Å².